The van der Waals surface area contributed by atoms with Crippen molar-refractivity contribution in [1.29, 1.82) is 5.26 Å². The van der Waals surface area contributed by atoms with Crippen LogP contribution >= 0.6 is 11.6 Å². The lowest BCUT2D eigenvalue weighted by Gasteiger charge is -1.98. The van der Waals surface area contributed by atoms with Gasteiger partial charge in [-0.3, -0.25) is 4.79 Å². The Balaban J connectivity index is 2.54. The minimum Gasteiger partial charge on any atom is -0.356 e. The van der Waals surface area contributed by atoms with Crippen LogP contribution in [0.4, 0.5) is 0 Å². The quantitative estimate of drug-likeness (QED) is 0.657. The molecule has 0 aliphatic heterocycles. The Bertz CT molecular complexity index is 477. The van der Waals surface area contributed by atoms with E-state index in [0.717, 1.165) is 12.0 Å². The Morgan fingerprint density at radius 1 is 1.71 bits per heavy atom. The van der Waals surface area contributed by atoms with E-state index in [-0.39, 0.29) is 11.1 Å². The van der Waals surface area contributed by atoms with Gasteiger partial charge in [-0.1, -0.05) is 23.8 Å². The second-order valence-electron chi connectivity index (χ2n) is 3.39. The summed E-state index contributed by atoms with van der Waals surface area (Å²) < 4.78 is 0. The number of carbonyl (C=O) groups excluding carboxylic acids is 1. The third kappa shape index (κ3) is 4.66. The van der Waals surface area contributed by atoms with E-state index in [4.69, 9.17) is 16.9 Å². The summed E-state index contributed by atoms with van der Waals surface area (Å²) in [7, 11) is 0. The van der Waals surface area contributed by atoms with Gasteiger partial charge in [0.2, 0.25) is 5.91 Å². The number of hydrogen-bond acceptors (Lipinski definition) is 3. The molecule has 1 aromatic heterocycles. The summed E-state index contributed by atoms with van der Waals surface area (Å²) in [5.74, 6) is -0.0432. The maximum absolute atomic E-state index is 10.6. The molecular weight excluding hydrogens is 238 g/mol. The fourth-order valence-electron chi connectivity index (χ4n) is 1.18. The van der Waals surface area contributed by atoms with Gasteiger partial charge in [0.1, 0.15) is 11.2 Å². The molecule has 0 spiro atoms. The van der Waals surface area contributed by atoms with E-state index in [0.29, 0.717) is 12.1 Å². The standard InChI is InChI=1S/C12H12ClN3O/c1-9(17)15-5-3-2-4-10-6-11(7-14)12(13)16-8-10/h2,4,6,8H,3,5H2,1H3,(H,15,17). The zero-order chi connectivity index (χ0) is 12.7. The van der Waals surface area contributed by atoms with Gasteiger partial charge in [-0.15, -0.1) is 0 Å². The third-order valence-electron chi connectivity index (χ3n) is 1.98. The number of carbonyl (C=O) groups is 1. The Hall–Kier alpha value is -1.86. The van der Waals surface area contributed by atoms with Crippen LogP contribution in [0.15, 0.2) is 18.3 Å². The van der Waals surface area contributed by atoms with Crippen molar-refractivity contribution in [3.8, 4) is 6.07 Å². The molecule has 0 fully saturated rings. The van der Waals surface area contributed by atoms with Crippen molar-refractivity contribution in [3.63, 3.8) is 0 Å². The fourth-order valence-corrected chi connectivity index (χ4v) is 1.33. The summed E-state index contributed by atoms with van der Waals surface area (Å²) in [6, 6.07) is 3.64. The third-order valence-corrected chi connectivity index (χ3v) is 2.28. The predicted molar refractivity (Wildman–Crippen MR) is 66.3 cm³/mol. The van der Waals surface area contributed by atoms with Crippen LogP contribution in [0, 0.1) is 11.3 Å². The topological polar surface area (TPSA) is 65.8 Å². The lowest BCUT2D eigenvalue weighted by molar-refractivity contribution is -0.118. The zero-order valence-electron chi connectivity index (χ0n) is 9.40. The Morgan fingerprint density at radius 2 is 2.47 bits per heavy atom. The number of rotatable bonds is 4. The number of nitriles is 1. The molecule has 1 rings (SSSR count). The number of pyridine rings is 1. The Kier molecular flexibility index (Phi) is 5.18. The van der Waals surface area contributed by atoms with Crippen LogP contribution in [0.1, 0.15) is 24.5 Å². The van der Waals surface area contributed by atoms with E-state index in [2.05, 4.69) is 10.3 Å². The van der Waals surface area contributed by atoms with Gasteiger partial charge in [0.05, 0.1) is 5.56 Å². The first kappa shape index (κ1) is 13.2. The van der Waals surface area contributed by atoms with Crippen LogP contribution in [-0.2, 0) is 4.79 Å². The van der Waals surface area contributed by atoms with Gasteiger partial charge in [-0.25, -0.2) is 4.98 Å². The fraction of sp³-hybridized carbons (Fsp3) is 0.250. The van der Waals surface area contributed by atoms with Gasteiger partial charge < -0.3 is 5.32 Å². The van der Waals surface area contributed by atoms with Crippen molar-refractivity contribution in [2.24, 2.45) is 0 Å². The first-order chi connectivity index (χ1) is 8.13. The van der Waals surface area contributed by atoms with E-state index in [1.165, 1.54) is 6.92 Å². The molecule has 0 aromatic carbocycles. The first-order valence-electron chi connectivity index (χ1n) is 5.10. The number of nitrogens with zero attached hydrogens (tertiary/aromatic N) is 2. The molecular formula is C12H12ClN3O. The van der Waals surface area contributed by atoms with Crippen molar-refractivity contribution >= 4 is 23.6 Å². The summed E-state index contributed by atoms with van der Waals surface area (Å²) in [6.45, 7) is 2.07. The highest BCUT2D eigenvalue weighted by Gasteiger charge is 2.00. The molecule has 4 nitrogen and oxygen atoms in total. The molecule has 88 valence electrons. The average molecular weight is 250 g/mol. The monoisotopic (exact) mass is 249 g/mol. The molecule has 0 atom stereocenters. The summed E-state index contributed by atoms with van der Waals surface area (Å²) in [5, 5.41) is 11.7. The van der Waals surface area contributed by atoms with Crippen LogP contribution in [0.25, 0.3) is 6.08 Å². The van der Waals surface area contributed by atoms with Crippen LogP contribution in [0.3, 0.4) is 0 Å². The molecule has 0 saturated carbocycles. The molecule has 5 heteroatoms. The molecule has 0 bridgehead atoms. The largest absolute Gasteiger partial charge is 0.356 e. The number of aromatic nitrogens is 1. The highest BCUT2D eigenvalue weighted by molar-refractivity contribution is 6.30. The normalized spacial score (nSPS) is 10.2. The van der Waals surface area contributed by atoms with E-state index < -0.39 is 0 Å². The molecule has 0 radical (unpaired) electrons. The van der Waals surface area contributed by atoms with Crippen LogP contribution in [0.5, 0.6) is 0 Å². The Labute approximate surface area is 105 Å². The summed E-state index contributed by atoms with van der Waals surface area (Å²) in [4.78, 5) is 14.5. The van der Waals surface area contributed by atoms with Crippen molar-refractivity contribution in [1.82, 2.24) is 10.3 Å². The first-order valence-corrected chi connectivity index (χ1v) is 5.48. The summed E-state index contributed by atoms with van der Waals surface area (Å²) in [5.41, 5.74) is 1.17. The SMILES string of the molecule is CC(=O)NCCC=Cc1cnc(Cl)c(C#N)c1. The maximum Gasteiger partial charge on any atom is 0.216 e. The van der Waals surface area contributed by atoms with Gasteiger partial charge in [-0.2, -0.15) is 5.26 Å². The molecule has 1 amide bonds. The second-order valence-corrected chi connectivity index (χ2v) is 3.75. The minimum atomic E-state index is -0.0432. The van der Waals surface area contributed by atoms with Crippen molar-refractivity contribution in [2.45, 2.75) is 13.3 Å². The average Bonchev–Trinajstić information content (AvgIpc) is 2.30. The highest BCUT2D eigenvalue weighted by atomic mass is 35.5. The molecule has 0 aliphatic carbocycles. The number of hydrogen-bond donors (Lipinski definition) is 1. The van der Waals surface area contributed by atoms with Crippen molar-refractivity contribution in [3.05, 3.63) is 34.6 Å². The zero-order valence-corrected chi connectivity index (χ0v) is 10.2. The van der Waals surface area contributed by atoms with Crippen LogP contribution < -0.4 is 5.32 Å². The molecule has 0 unspecified atom stereocenters. The highest BCUT2D eigenvalue weighted by Crippen LogP contribution is 2.13. The Morgan fingerprint density at radius 3 is 3.12 bits per heavy atom. The number of halogens is 1. The van der Waals surface area contributed by atoms with Crippen LogP contribution in [-0.4, -0.2) is 17.4 Å². The minimum absolute atomic E-state index is 0.0432. The van der Waals surface area contributed by atoms with Gasteiger partial charge in [0.25, 0.3) is 0 Å². The second kappa shape index (κ2) is 6.66. The van der Waals surface area contributed by atoms with E-state index in [1.54, 1.807) is 12.3 Å². The number of amides is 1. The van der Waals surface area contributed by atoms with Gasteiger partial charge in [0.15, 0.2) is 0 Å². The van der Waals surface area contributed by atoms with Crippen molar-refractivity contribution in [2.75, 3.05) is 6.54 Å². The smallest absolute Gasteiger partial charge is 0.216 e. The van der Waals surface area contributed by atoms with E-state index in [1.807, 2.05) is 18.2 Å². The molecule has 1 heterocycles. The summed E-state index contributed by atoms with van der Waals surface area (Å²) in [6.07, 6.45) is 6.07. The van der Waals surface area contributed by atoms with Gasteiger partial charge in [-0.05, 0) is 18.1 Å². The molecule has 0 saturated heterocycles. The molecule has 1 N–H and O–H groups in total. The summed E-state index contributed by atoms with van der Waals surface area (Å²) >= 11 is 5.71. The number of nitrogens with one attached hydrogen (secondary N) is 1. The van der Waals surface area contributed by atoms with E-state index >= 15 is 0 Å². The van der Waals surface area contributed by atoms with Crippen LogP contribution in [0.2, 0.25) is 5.15 Å². The maximum atomic E-state index is 10.6. The molecule has 17 heavy (non-hydrogen) atoms. The van der Waals surface area contributed by atoms with Gasteiger partial charge in [0, 0.05) is 19.7 Å². The van der Waals surface area contributed by atoms with E-state index in [9.17, 15) is 4.79 Å². The lowest BCUT2D eigenvalue weighted by Crippen LogP contribution is -2.20. The van der Waals surface area contributed by atoms with Gasteiger partial charge >= 0.3 is 0 Å². The predicted octanol–water partition coefficient (Wildman–Crippen LogP) is 2.15. The molecule has 0 aliphatic rings. The molecule has 1 aromatic rings. The lowest BCUT2D eigenvalue weighted by atomic mass is 10.2. The van der Waals surface area contributed by atoms with Crippen molar-refractivity contribution < 1.29 is 4.79 Å².